The van der Waals surface area contributed by atoms with Crippen molar-refractivity contribution in [2.75, 3.05) is 13.1 Å². The lowest BCUT2D eigenvalue weighted by atomic mass is 10.2. The number of hydrogen-bond acceptors (Lipinski definition) is 4. The van der Waals surface area contributed by atoms with E-state index in [1.807, 2.05) is 67.8 Å². The Balaban J connectivity index is 1.79. The van der Waals surface area contributed by atoms with Crippen molar-refractivity contribution in [2.45, 2.75) is 20.5 Å². The third-order valence-electron chi connectivity index (χ3n) is 4.20. The van der Waals surface area contributed by atoms with E-state index in [1.165, 1.54) is 11.3 Å². The first-order chi connectivity index (χ1) is 13.1. The minimum Gasteiger partial charge on any atom is -0.488 e. The van der Waals surface area contributed by atoms with Crippen LogP contribution in [0.5, 0.6) is 5.75 Å². The van der Waals surface area contributed by atoms with Crippen molar-refractivity contribution in [3.63, 3.8) is 0 Å². The van der Waals surface area contributed by atoms with Gasteiger partial charge in [-0.2, -0.15) is 0 Å². The van der Waals surface area contributed by atoms with Crippen molar-refractivity contribution in [3.8, 4) is 16.3 Å². The highest BCUT2D eigenvalue weighted by atomic mass is 35.5. The lowest BCUT2D eigenvalue weighted by molar-refractivity contribution is 0.0768. The summed E-state index contributed by atoms with van der Waals surface area (Å²) < 4.78 is 6.01. The molecule has 3 rings (SSSR count). The van der Waals surface area contributed by atoms with Crippen LogP contribution in [0.25, 0.3) is 10.6 Å². The second-order valence-corrected chi connectivity index (χ2v) is 7.22. The molecular weight excluding hydrogens is 380 g/mol. The van der Waals surface area contributed by atoms with Gasteiger partial charge in [-0.1, -0.05) is 35.9 Å². The molecular formula is C21H21ClN2O2S. The molecule has 0 aliphatic rings. The highest BCUT2D eigenvalue weighted by Gasteiger charge is 2.18. The third kappa shape index (κ3) is 4.67. The van der Waals surface area contributed by atoms with Crippen molar-refractivity contribution in [3.05, 3.63) is 70.2 Å². The fraction of sp³-hybridized carbons (Fsp3) is 0.238. The number of ether oxygens (including phenoxy) is 1. The predicted molar refractivity (Wildman–Crippen MR) is 111 cm³/mol. The van der Waals surface area contributed by atoms with Crippen LogP contribution in [-0.2, 0) is 6.61 Å². The smallest absolute Gasteiger partial charge is 0.273 e. The van der Waals surface area contributed by atoms with E-state index in [2.05, 4.69) is 4.98 Å². The number of para-hydroxylation sites is 1. The van der Waals surface area contributed by atoms with Crippen molar-refractivity contribution < 1.29 is 9.53 Å². The summed E-state index contributed by atoms with van der Waals surface area (Å²) in [5, 5.41) is 3.29. The number of rotatable bonds is 7. The summed E-state index contributed by atoms with van der Waals surface area (Å²) in [6.45, 7) is 5.71. The predicted octanol–water partition coefficient (Wildman–Crippen LogP) is 5.52. The van der Waals surface area contributed by atoms with Gasteiger partial charge in [0.25, 0.3) is 5.91 Å². The molecule has 0 aliphatic heterocycles. The number of nitrogens with zero attached hydrogens (tertiary/aromatic N) is 2. The molecule has 0 saturated carbocycles. The molecule has 0 fully saturated rings. The van der Waals surface area contributed by atoms with E-state index in [4.69, 9.17) is 16.3 Å². The summed E-state index contributed by atoms with van der Waals surface area (Å²) in [7, 11) is 0. The van der Waals surface area contributed by atoms with E-state index < -0.39 is 0 Å². The lowest BCUT2D eigenvalue weighted by Gasteiger charge is -2.16. The molecule has 140 valence electrons. The number of hydrogen-bond donors (Lipinski definition) is 0. The maximum atomic E-state index is 12.5. The first-order valence-corrected chi connectivity index (χ1v) is 10.1. The van der Waals surface area contributed by atoms with E-state index in [0.717, 1.165) is 21.9 Å². The van der Waals surface area contributed by atoms with Gasteiger partial charge >= 0.3 is 0 Å². The molecule has 0 spiro atoms. The summed E-state index contributed by atoms with van der Waals surface area (Å²) in [4.78, 5) is 18.8. The molecule has 0 N–H and O–H groups in total. The van der Waals surface area contributed by atoms with Crippen molar-refractivity contribution in [1.82, 2.24) is 9.88 Å². The van der Waals surface area contributed by atoms with Crippen LogP contribution >= 0.6 is 22.9 Å². The average Bonchev–Trinajstić information content (AvgIpc) is 3.19. The lowest BCUT2D eigenvalue weighted by Crippen LogP contribution is -2.30. The van der Waals surface area contributed by atoms with Crippen LogP contribution in [0.3, 0.4) is 0 Å². The van der Waals surface area contributed by atoms with Gasteiger partial charge in [0.15, 0.2) is 0 Å². The number of carbonyl (C=O) groups is 1. The summed E-state index contributed by atoms with van der Waals surface area (Å²) in [5.41, 5.74) is 2.40. The zero-order valence-corrected chi connectivity index (χ0v) is 16.9. The Morgan fingerprint density at radius 3 is 2.52 bits per heavy atom. The second-order valence-electron chi connectivity index (χ2n) is 5.93. The van der Waals surface area contributed by atoms with Crippen LogP contribution in [0.4, 0.5) is 0 Å². The molecule has 0 aliphatic carbocycles. The fourth-order valence-corrected chi connectivity index (χ4v) is 3.63. The van der Waals surface area contributed by atoms with E-state index in [1.54, 1.807) is 4.90 Å². The van der Waals surface area contributed by atoms with Crippen molar-refractivity contribution in [1.29, 1.82) is 0 Å². The molecule has 4 nitrogen and oxygen atoms in total. The highest BCUT2D eigenvalue weighted by molar-refractivity contribution is 7.13. The monoisotopic (exact) mass is 400 g/mol. The first kappa shape index (κ1) is 19.4. The van der Waals surface area contributed by atoms with Crippen molar-refractivity contribution >= 4 is 28.8 Å². The Labute approximate surface area is 168 Å². The molecule has 0 saturated heterocycles. The molecule has 0 unspecified atom stereocenters. The van der Waals surface area contributed by atoms with Crippen LogP contribution in [-0.4, -0.2) is 28.9 Å². The van der Waals surface area contributed by atoms with Crippen LogP contribution in [0.15, 0.2) is 53.9 Å². The van der Waals surface area contributed by atoms with Crippen LogP contribution in [0, 0.1) is 0 Å². The van der Waals surface area contributed by atoms with E-state index in [9.17, 15) is 4.79 Å². The van der Waals surface area contributed by atoms with Gasteiger partial charge in [0.1, 0.15) is 23.1 Å². The number of thiazole rings is 1. The zero-order chi connectivity index (χ0) is 19.2. The number of benzene rings is 2. The summed E-state index contributed by atoms with van der Waals surface area (Å²) in [6.07, 6.45) is 0. The van der Waals surface area contributed by atoms with Crippen molar-refractivity contribution in [2.24, 2.45) is 0 Å². The Morgan fingerprint density at radius 2 is 1.81 bits per heavy atom. The normalized spacial score (nSPS) is 10.6. The second kappa shape index (κ2) is 9.02. The molecule has 1 amide bonds. The topological polar surface area (TPSA) is 42.4 Å². The van der Waals surface area contributed by atoms with Crippen LogP contribution in [0.2, 0.25) is 5.02 Å². The summed E-state index contributed by atoms with van der Waals surface area (Å²) in [6, 6.07) is 15.3. The molecule has 3 aromatic rings. The zero-order valence-electron chi connectivity index (χ0n) is 15.3. The summed E-state index contributed by atoms with van der Waals surface area (Å²) >= 11 is 7.38. The van der Waals surface area contributed by atoms with Gasteiger partial charge in [-0.25, -0.2) is 4.98 Å². The van der Waals surface area contributed by atoms with Crippen LogP contribution in [0.1, 0.15) is 29.9 Å². The van der Waals surface area contributed by atoms with Crippen LogP contribution < -0.4 is 4.74 Å². The number of amides is 1. The SMILES string of the molecule is CCN(CC)C(=O)c1csc(-c2ccccc2OCc2ccc(Cl)cc2)n1. The standard InChI is InChI=1S/C21H21ClN2O2S/c1-3-24(4-2)21(25)18-14-27-20(23-18)17-7-5-6-8-19(17)26-13-15-9-11-16(22)12-10-15/h5-12,14H,3-4,13H2,1-2H3. The van der Waals surface area contributed by atoms with Gasteiger partial charge in [0, 0.05) is 23.5 Å². The number of aromatic nitrogens is 1. The number of halogens is 1. The first-order valence-electron chi connectivity index (χ1n) is 8.83. The van der Waals surface area contributed by atoms with Gasteiger partial charge < -0.3 is 9.64 Å². The van der Waals surface area contributed by atoms with E-state index in [0.29, 0.717) is 30.4 Å². The molecule has 0 atom stereocenters. The third-order valence-corrected chi connectivity index (χ3v) is 5.33. The highest BCUT2D eigenvalue weighted by Crippen LogP contribution is 2.33. The Bertz CT molecular complexity index is 905. The van der Waals surface area contributed by atoms with Gasteiger partial charge in [-0.3, -0.25) is 4.79 Å². The molecule has 1 aromatic heterocycles. The van der Waals surface area contributed by atoms with Gasteiger partial charge in [0.05, 0.1) is 5.56 Å². The maximum absolute atomic E-state index is 12.5. The maximum Gasteiger partial charge on any atom is 0.273 e. The van der Waals surface area contributed by atoms with E-state index in [-0.39, 0.29) is 5.91 Å². The molecule has 6 heteroatoms. The molecule has 2 aromatic carbocycles. The van der Waals surface area contributed by atoms with Gasteiger partial charge in [0.2, 0.25) is 0 Å². The Kier molecular flexibility index (Phi) is 6.48. The fourth-order valence-electron chi connectivity index (χ4n) is 2.68. The molecule has 27 heavy (non-hydrogen) atoms. The minimum atomic E-state index is -0.0398. The largest absolute Gasteiger partial charge is 0.488 e. The molecule has 0 radical (unpaired) electrons. The summed E-state index contributed by atoms with van der Waals surface area (Å²) in [5.74, 6) is 0.700. The van der Waals surface area contributed by atoms with Gasteiger partial charge in [-0.15, -0.1) is 11.3 Å². The quantitative estimate of drug-likeness (QED) is 0.524. The molecule has 0 bridgehead atoms. The average molecular weight is 401 g/mol. The molecule has 1 heterocycles. The van der Waals surface area contributed by atoms with E-state index >= 15 is 0 Å². The minimum absolute atomic E-state index is 0.0398. The van der Waals surface area contributed by atoms with Gasteiger partial charge in [-0.05, 0) is 43.7 Å². The Morgan fingerprint density at radius 1 is 1.11 bits per heavy atom. The Hall–Kier alpha value is -2.37. The number of carbonyl (C=O) groups excluding carboxylic acids is 1.